The van der Waals surface area contributed by atoms with Gasteiger partial charge in [0.25, 0.3) is 0 Å². The zero-order chi connectivity index (χ0) is 9.07. The smallest absolute Gasteiger partial charge is 0.166 e. The third kappa shape index (κ3) is 2.89. The van der Waals surface area contributed by atoms with Gasteiger partial charge in [0.05, 0.1) is 11.3 Å². The Kier molecular flexibility index (Phi) is 3.53. The van der Waals surface area contributed by atoms with Gasteiger partial charge in [0.15, 0.2) is 9.84 Å². The fourth-order valence-electron chi connectivity index (χ4n) is 0.636. The molecule has 64 valence electrons. The monoisotopic (exact) mass is 175 g/mol. The molecule has 0 spiro atoms. The van der Waals surface area contributed by atoms with Crippen molar-refractivity contribution >= 4 is 9.84 Å². The molecule has 0 N–H and O–H groups in total. The molecule has 0 saturated carbocycles. The Labute approximate surface area is 67.9 Å². The molecule has 0 bridgehead atoms. The van der Waals surface area contributed by atoms with Crippen molar-refractivity contribution in [3.63, 3.8) is 0 Å². The van der Waals surface area contributed by atoms with Crippen molar-refractivity contribution in [3.05, 3.63) is 0 Å². The number of nitriles is 1. The van der Waals surface area contributed by atoms with Gasteiger partial charge in [-0.2, -0.15) is 5.26 Å². The van der Waals surface area contributed by atoms with Crippen molar-refractivity contribution in [1.29, 1.82) is 5.26 Å². The van der Waals surface area contributed by atoms with E-state index < -0.39 is 15.1 Å². The summed E-state index contributed by atoms with van der Waals surface area (Å²) in [5.74, 6) is -0.292. The van der Waals surface area contributed by atoms with Crippen LogP contribution in [0.2, 0.25) is 0 Å². The Morgan fingerprint density at radius 3 is 2.09 bits per heavy atom. The zero-order valence-corrected chi connectivity index (χ0v) is 7.85. The second-order valence-electron chi connectivity index (χ2n) is 2.91. The van der Waals surface area contributed by atoms with Crippen LogP contribution in [0, 0.1) is 17.2 Å². The standard InChI is InChI=1S/C7H13NO2S/c1-6(2)7(3)11(9,10)5-4-8/h6-7H,5H2,1-3H3. The summed E-state index contributed by atoms with van der Waals surface area (Å²) in [5.41, 5.74) is 0. The highest BCUT2D eigenvalue weighted by atomic mass is 32.2. The highest BCUT2D eigenvalue weighted by Crippen LogP contribution is 2.11. The molecular weight excluding hydrogens is 162 g/mol. The Balaban J connectivity index is 4.47. The fraction of sp³-hybridized carbons (Fsp3) is 0.857. The summed E-state index contributed by atoms with van der Waals surface area (Å²) in [5, 5.41) is 7.79. The molecule has 0 radical (unpaired) electrons. The minimum Gasteiger partial charge on any atom is -0.227 e. The molecule has 0 heterocycles. The molecule has 4 heteroatoms. The second kappa shape index (κ2) is 3.72. The van der Waals surface area contributed by atoms with Crippen molar-refractivity contribution in [2.24, 2.45) is 5.92 Å². The van der Waals surface area contributed by atoms with Crippen LogP contribution < -0.4 is 0 Å². The largest absolute Gasteiger partial charge is 0.227 e. The fourth-order valence-corrected chi connectivity index (χ4v) is 1.91. The summed E-state index contributed by atoms with van der Waals surface area (Å²) in [7, 11) is -3.17. The first-order valence-electron chi connectivity index (χ1n) is 3.50. The van der Waals surface area contributed by atoms with Crippen LogP contribution in [0.15, 0.2) is 0 Å². The number of nitrogens with zero attached hydrogens (tertiary/aromatic N) is 1. The minimum absolute atomic E-state index is 0.0772. The topological polar surface area (TPSA) is 57.9 Å². The lowest BCUT2D eigenvalue weighted by atomic mass is 10.2. The van der Waals surface area contributed by atoms with Crippen LogP contribution in [0.25, 0.3) is 0 Å². The summed E-state index contributed by atoms with van der Waals surface area (Å²) < 4.78 is 22.3. The Morgan fingerprint density at radius 2 is 1.82 bits per heavy atom. The molecule has 0 saturated heterocycles. The predicted molar refractivity (Wildman–Crippen MR) is 43.7 cm³/mol. The van der Waals surface area contributed by atoms with Crippen LogP contribution in [-0.2, 0) is 9.84 Å². The predicted octanol–water partition coefficient (Wildman–Crippen LogP) is 0.969. The maximum Gasteiger partial charge on any atom is 0.166 e. The van der Waals surface area contributed by atoms with Gasteiger partial charge in [0.1, 0.15) is 5.75 Å². The van der Waals surface area contributed by atoms with Gasteiger partial charge in [-0.05, 0) is 12.8 Å². The van der Waals surface area contributed by atoms with Gasteiger partial charge in [-0.15, -0.1) is 0 Å². The van der Waals surface area contributed by atoms with Gasteiger partial charge < -0.3 is 0 Å². The molecule has 1 atom stereocenters. The number of rotatable bonds is 3. The molecule has 1 unspecified atom stereocenters. The molecule has 0 rings (SSSR count). The van der Waals surface area contributed by atoms with Gasteiger partial charge in [-0.3, -0.25) is 0 Å². The minimum atomic E-state index is -3.17. The van der Waals surface area contributed by atoms with Crippen LogP contribution >= 0.6 is 0 Å². The molecule has 11 heavy (non-hydrogen) atoms. The molecule has 0 aromatic carbocycles. The van der Waals surface area contributed by atoms with Crippen molar-refractivity contribution in [1.82, 2.24) is 0 Å². The number of hydrogen-bond donors (Lipinski definition) is 0. The average Bonchev–Trinajstić information content (AvgIpc) is 1.86. The van der Waals surface area contributed by atoms with E-state index in [9.17, 15) is 8.42 Å². The molecule has 0 aliphatic carbocycles. The lowest BCUT2D eigenvalue weighted by Gasteiger charge is -2.13. The highest BCUT2D eigenvalue weighted by molar-refractivity contribution is 7.92. The summed E-state index contributed by atoms with van der Waals surface area (Å²) in [6, 6.07) is 1.66. The Morgan fingerprint density at radius 1 is 1.36 bits per heavy atom. The second-order valence-corrected chi connectivity index (χ2v) is 5.27. The van der Waals surface area contributed by atoms with Crippen LogP contribution in [0.5, 0.6) is 0 Å². The van der Waals surface area contributed by atoms with E-state index in [1.165, 1.54) is 0 Å². The molecule has 3 nitrogen and oxygen atoms in total. The van der Waals surface area contributed by atoms with Crippen LogP contribution in [0.4, 0.5) is 0 Å². The summed E-state index contributed by atoms with van der Waals surface area (Å²) in [6.07, 6.45) is 0. The first kappa shape index (κ1) is 10.4. The molecule has 0 aliphatic heterocycles. The van der Waals surface area contributed by atoms with E-state index in [4.69, 9.17) is 5.26 Å². The lowest BCUT2D eigenvalue weighted by Crippen LogP contribution is -2.25. The van der Waals surface area contributed by atoms with Gasteiger partial charge in [0, 0.05) is 0 Å². The van der Waals surface area contributed by atoms with Crippen LogP contribution in [-0.4, -0.2) is 19.4 Å². The molecule has 0 aromatic heterocycles. The highest BCUT2D eigenvalue weighted by Gasteiger charge is 2.22. The third-order valence-corrected chi connectivity index (χ3v) is 3.98. The van der Waals surface area contributed by atoms with Gasteiger partial charge >= 0.3 is 0 Å². The van der Waals surface area contributed by atoms with Crippen LogP contribution in [0.1, 0.15) is 20.8 Å². The van der Waals surface area contributed by atoms with Gasteiger partial charge in [0.2, 0.25) is 0 Å². The van der Waals surface area contributed by atoms with Gasteiger partial charge in [-0.25, -0.2) is 8.42 Å². The number of hydrogen-bond acceptors (Lipinski definition) is 3. The molecule has 0 aromatic rings. The van der Waals surface area contributed by atoms with E-state index in [0.717, 1.165) is 0 Å². The van der Waals surface area contributed by atoms with E-state index in [1.54, 1.807) is 13.0 Å². The first-order chi connectivity index (χ1) is 4.91. The molecular formula is C7H13NO2S. The van der Waals surface area contributed by atoms with E-state index >= 15 is 0 Å². The van der Waals surface area contributed by atoms with E-state index in [1.807, 2.05) is 13.8 Å². The molecule has 0 aliphatic rings. The normalized spacial score (nSPS) is 14.5. The van der Waals surface area contributed by atoms with Crippen molar-refractivity contribution in [3.8, 4) is 6.07 Å². The van der Waals surface area contributed by atoms with Crippen molar-refractivity contribution in [2.75, 3.05) is 5.75 Å². The molecule has 0 fully saturated rings. The average molecular weight is 175 g/mol. The zero-order valence-electron chi connectivity index (χ0n) is 7.03. The number of sulfone groups is 1. The van der Waals surface area contributed by atoms with Crippen molar-refractivity contribution < 1.29 is 8.42 Å². The van der Waals surface area contributed by atoms with E-state index in [0.29, 0.717) is 0 Å². The SMILES string of the molecule is CC(C)C(C)S(=O)(=O)CC#N. The maximum absolute atomic E-state index is 11.1. The third-order valence-electron chi connectivity index (χ3n) is 1.77. The Bertz CT molecular complexity index is 248. The van der Waals surface area contributed by atoms with E-state index in [-0.39, 0.29) is 11.7 Å². The lowest BCUT2D eigenvalue weighted by molar-refractivity contribution is 0.549. The molecule has 0 amide bonds. The Hall–Kier alpha value is -0.560. The van der Waals surface area contributed by atoms with Crippen molar-refractivity contribution in [2.45, 2.75) is 26.0 Å². The van der Waals surface area contributed by atoms with Crippen LogP contribution in [0.3, 0.4) is 0 Å². The summed E-state index contributed by atoms with van der Waals surface area (Å²) >= 11 is 0. The summed E-state index contributed by atoms with van der Waals surface area (Å²) in [6.45, 7) is 5.30. The summed E-state index contributed by atoms with van der Waals surface area (Å²) in [4.78, 5) is 0. The maximum atomic E-state index is 11.1. The first-order valence-corrected chi connectivity index (χ1v) is 5.22. The van der Waals surface area contributed by atoms with E-state index in [2.05, 4.69) is 0 Å². The van der Waals surface area contributed by atoms with Gasteiger partial charge in [-0.1, -0.05) is 13.8 Å². The quantitative estimate of drug-likeness (QED) is 0.642.